The molecule has 0 atom stereocenters. The number of nitrogens with zero attached hydrogens (tertiary/aromatic N) is 2. The zero-order valence-electron chi connectivity index (χ0n) is 2.97. The van der Waals surface area contributed by atoms with Crippen molar-refractivity contribution in [3.63, 3.8) is 0 Å². The van der Waals surface area contributed by atoms with Gasteiger partial charge in [-0.3, -0.25) is 5.43 Å². The summed E-state index contributed by atoms with van der Waals surface area (Å²) in [5, 5.41) is 6.62. The summed E-state index contributed by atoms with van der Waals surface area (Å²) in [6.45, 7) is 0. The lowest BCUT2D eigenvalue weighted by Gasteiger charge is -1.95. The van der Waals surface area contributed by atoms with Gasteiger partial charge in [-0.1, -0.05) is 5.22 Å². The van der Waals surface area contributed by atoms with Crippen molar-refractivity contribution in [2.45, 2.75) is 0 Å². The summed E-state index contributed by atoms with van der Waals surface area (Å²) in [6, 6.07) is 0. The lowest BCUT2D eigenvalue weighted by atomic mass is 10.9. The normalized spacial score (nSPS) is 16.0. The minimum absolute atomic E-state index is 1.52. The molecule has 4 heteroatoms. The van der Waals surface area contributed by atoms with Gasteiger partial charge in [0.1, 0.15) is 6.20 Å². The Bertz CT molecular complexity index is 71.5. The molecule has 0 fully saturated rings. The van der Waals surface area contributed by atoms with Crippen molar-refractivity contribution in [2.75, 3.05) is 0 Å². The summed E-state index contributed by atoms with van der Waals surface area (Å²) in [5.41, 5.74) is 4.91. The van der Waals surface area contributed by atoms with Crippen LogP contribution in [0.1, 0.15) is 0 Å². The Kier molecular flexibility index (Phi) is 0.731. The molecule has 0 unspecified atom stereocenters. The molecule has 0 bridgehead atoms. The molecule has 0 saturated heterocycles. The van der Waals surface area contributed by atoms with E-state index in [1.54, 1.807) is 0 Å². The van der Waals surface area contributed by atoms with Gasteiger partial charge in [0.25, 0.3) is 0 Å². The Hall–Kier alpha value is -1.06. The number of hydrogen-bond acceptors (Lipinski definition) is 4. The Morgan fingerprint density at radius 2 is 2.67 bits per heavy atom. The second-order valence-corrected chi connectivity index (χ2v) is 0.730. The van der Waals surface area contributed by atoms with Crippen molar-refractivity contribution in [1.29, 1.82) is 0 Å². The Labute approximate surface area is 34.9 Å². The standard InChI is InChI=1S/C2H3N4/c1-2-4-6-5-3-1/h1H,(H,3,6)(H,4,5). The third kappa shape index (κ3) is 0.453. The van der Waals surface area contributed by atoms with Gasteiger partial charge >= 0.3 is 0 Å². The highest BCUT2D eigenvalue weighted by molar-refractivity contribution is 4.65. The highest BCUT2D eigenvalue weighted by atomic mass is 15.6. The smallest absolute Gasteiger partial charge is 0.134 e. The van der Waals surface area contributed by atoms with Gasteiger partial charge in [-0.15, -0.1) is 5.11 Å². The van der Waals surface area contributed by atoms with E-state index in [0.29, 0.717) is 0 Å². The number of nitrogens with one attached hydrogen (secondary N) is 2. The molecule has 2 N–H and O–H groups in total. The van der Waals surface area contributed by atoms with Gasteiger partial charge < -0.3 is 0 Å². The summed E-state index contributed by atoms with van der Waals surface area (Å²) in [7, 11) is 0. The largest absolute Gasteiger partial charge is 0.289 e. The van der Waals surface area contributed by atoms with Gasteiger partial charge in [-0.25, -0.2) is 5.53 Å². The molecule has 1 aliphatic heterocycles. The van der Waals surface area contributed by atoms with E-state index in [-0.39, 0.29) is 0 Å². The Balaban J connectivity index is 2.46. The van der Waals surface area contributed by atoms with Gasteiger partial charge in [0, 0.05) is 6.20 Å². The zero-order valence-corrected chi connectivity index (χ0v) is 2.97. The molecular formula is C2H3N4. The average Bonchev–Trinajstić information content (AvgIpc) is 1.72. The maximum atomic E-state index is 3.32. The van der Waals surface area contributed by atoms with Crippen molar-refractivity contribution < 1.29 is 0 Å². The molecule has 0 aromatic heterocycles. The minimum Gasteiger partial charge on any atom is -0.289 e. The summed E-state index contributed by atoms with van der Waals surface area (Å²) in [4.78, 5) is 0. The van der Waals surface area contributed by atoms with Crippen LogP contribution in [0.3, 0.4) is 0 Å². The monoisotopic (exact) mass is 83.0 g/mol. The van der Waals surface area contributed by atoms with Crippen LogP contribution in [-0.4, -0.2) is 0 Å². The third-order valence-corrected chi connectivity index (χ3v) is 0.359. The Morgan fingerprint density at radius 3 is 2.83 bits per heavy atom. The van der Waals surface area contributed by atoms with E-state index < -0.39 is 0 Å². The van der Waals surface area contributed by atoms with Crippen LogP contribution in [0.5, 0.6) is 0 Å². The predicted molar refractivity (Wildman–Crippen MR) is 18.9 cm³/mol. The van der Waals surface area contributed by atoms with Crippen molar-refractivity contribution >= 4 is 0 Å². The molecule has 31 valence electrons. The van der Waals surface area contributed by atoms with Crippen LogP contribution in [0.2, 0.25) is 0 Å². The molecule has 1 aliphatic rings. The van der Waals surface area contributed by atoms with Crippen molar-refractivity contribution in [1.82, 2.24) is 11.0 Å². The SMILES string of the molecule is [C]1=CNNN=N1. The second kappa shape index (κ2) is 1.40. The summed E-state index contributed by atoms with van der Waals surface area (Å²) in [5.74, 6) is 0. The molecule has 0 aliphatic carbocycles. The molecule has 1 rings (SSSR count). The fraction of sp³-hybridized carbons (Fsp3) is 0. The van der Waals surface area contributed by atoms with Crippen LogP contribution in [0.15, 0.2) is 16.5 Å². The summed E-state index contributed by atoms with van der Waals surface area (Å²) < 4.78 is 0. The molecule has 0 aromatic carbocycles. The molecule has 0 spiro atoms. The van der Waals surface area contributed by atoms with E-state index in [9.17, 15) is 0 Å². The number of rotatable bonds is 0. The van der Waals surface area contributed by atoms with E-state index in [2.05, 4.69) is 27.5 Å². The quantitative estimate of drug-likeness (QED) is 0.423. The highest BCUT2D eigenvalue weighted by Crippen LogP contribution is 1.72. The van der Waals surface area contributed by atoms with Crippen molar-refractivity contribution in [3.8, 4) is 0 Å². The maximum Gasteiger partial charge on any atom is 0.134 e. The highest BCUT2D eigenvalue weighted by Gasteiger charge is 1.73. The van der Waals surface area contributed by atoms with Gasteiger partial charge in [0.05, 0.1) is 0 Å². The maximum absolute atomic E-state index is 3.32. The van der Waals surface area contributed by atoms with E-state index in [1.165, 1.54) is 6.20 Å². The van der Waals surface area contributed by atoms with E-state index in [4.69, 9.17) is 0 Å². The number of hydrogen-bond donors (Lipinski definition) is 2. The van der Waals surface area contributed by atoms with Crippen LogP contribution in [-0.2, 0) is 0 Å². The Morgan fingerprint density at radius 1 is 1.67 bits per heavy atom. The fourth-order valence-corrected chi connectivity index (χ4v) is 0.176. The molecule has 0 amide bonds. The zero-order chi connectivity index (χ0) is 4.24. The first-order valence-electron chi connectivity index (χ1n) is 1.47. The van der Waals surface area contributed by atoms with Crippen LogP contribution >= 0.6 is 0 Å². The number of hydrazine groups is 1. The molecule has 0 aromatic rings. The first kappa shape index (κ1) is 3.14. The van der Waals surface area contributed by atoms with Crippen molar-refractivity contribution in [3.05, 3.63) is 12.4 Å². The van der Waals surface area contributed by atoms with Gasteiger partial charge in [0.2, 0.25) is 0 Å². The van der Waals surface area contributed by atoms with E-state index in [0.717, 1.165) is 0 Å². The summed E-state index contributed by atoms with van der Waals surface area (Å²) in [6.07, 6.45) is 3.97. The molecule has 1 radical (unpaired) electrons. The second-order valence-electron chi connectivity index (χ2n) is 0.730. The molecular weight excluding hydrogens is 80.0 g/mol. The van der Waals surface area contributed by atoms with Crippen LogP contribution in [0.25, 0.3) is 0 Å². The van der Waals surface area contributed by atoms with Crippen LogP contribution in [0.4, 0.5) is 0 Å². The molecule has 4 nitrogen and oxygen atoms in total. The first-order valence-corrected chi connectivity index (χ1v) is 1.47. The lowest BCUT2D eigenvalue weighted by molar-refractivity contribution is 0.603. The lowest BCUT2D eigenvalue weighted by Crippen LogP contribution is -2.21. The van der Waals surface area contributed by atoms with Gasteiger partial charge in [0.15, 0.2) is 0 Å². The van der Waals surface area contributed by atoms with Gasteiger partial charge in [-0.05, 0) is 0 Å². The average molecular weight is 83.1 g/mol. The fourth-order valence-electron chi connectivity index (χ4n) is 0.176. The first-order chi connectivity index (χ1) is 3.00. The minimum atomic E-state index is 1.52. The molecule has 0 saturated carbocycles. The van der Waals surface area contributed by atoms with Crippen LogP contribution in [0, 0.1) is 6.20 Å². The van der Waals surface area contributed by atoms with Crippen molar-refractivity contribution in [2.24, 2.45) is 10.3 Å². The molecule has 6 heavy (non-hydrogen) atoms. The van der Waals surface area contributed by atoms with E-state index >= 15 is 0 Å². The summed E-state index contributed by atoms with van der Waals surface area (Å²) >= 11 is 0. The van der Waals surface area contributed by atoms with E-state index in [1.807, 2.05) is 0 Å². The van der Waals surface area contributed by atoms with Gasteiger partial charge in [-0.2, -0.15) is 0 Å². The van der Waals surface area contributed by atoms with Crippen LogP contribution < -0.4 is 11.0 Å². The molecule has 1 heterocycles. The topological polar surface area (TPSA) is 48.8 Å². The predicted octanol–water partition coefficient (Wildman–Crippen LogP) is -0.264. The third-order valence-electron chi connectivity index (χ3n) is 0.359.